The molecule has 0 fully saturated rings. The second-order valence-corrected chi connectivity index (χ2v) is 25.4. The summed E-state index contributed by atoms with van der Waals surface area (Å²) in [7, 11) is 0. The average Bonchev–Trinajstić information content (AvgIpc) is 1.51. The Morgan fingerprint density at radius 2 is 0.340 bits per heavy atom. The van der Waals surface area contributed by atoms with Crippen molar-refractivity contribution in [2.24, 2.45) is 0 Å². The predicted molar refractivity (Wildman–Crippen MR) is 401 cm³/mol. The number of nitrogens with zero attached hydrogens (tertiary/aromatic N) is 3. The number of hydrogen-bond donors (Lipinski definition) is 0. The van der Waals surface area contributed by atoms with Gasteiger partial charge >= 0.3 is 0 Å². The van der Waals surface area contributed by atoms with E-state index in [1.54, 1.807) is 0 Å². The fourth-order valence-electron chi connectivity index (χ4n) is 15.0. The summed E-state index contributed by atoms with van der Waals surface area (Å²) >= 11 is 0. The number of aromatic nitrogens is 3. The van der Waals surface area contributed by atoms with Crippen LogP contribution in [-0.4, -0.2) is 15.0 Å². The maximum Gasteiger partial charge on any atom is 0.164 e. The van der Waals surface area contributed by atoms with Gasteiger partial charge in [-0.25, -0.2) is 15.0 Å². The second-order valence-electron chi connectivity index (χ2n) is 25.4. The SMILES string of the molecule is c1ccc(-c2cccc(-c3cccc(-c4ccc(-c5nc(-c6ccc(-c7cccc(-c8cccc(-c9cccc(-c%10ccc%11c(c%10)C%10(c%12ccccc%12-c%12ccccc%12%10)c%10ccccc%10-%11)c9)c8)c7)cc6)nc(-c6cccc(-c7cccc(-c8ccccc8)c7)c6)n5)cc4)c3)c2)cc1. The van der Waals surface area contributed by atoms with E-state index < -0.39 is 5.41 Å². The normalized spacial score (nSPS) is 12.2. The monoisotopic (exact) mass is 1230 g/mol. The molecule has 3 nitrogen and oxygen atoms in total. The van der Waals surface area contributed by atoms with Crippen LogP contribution in [0.3, 0.4) is 0 Å². The Morgan fingerprint density at radius 1 is 0.134 bits per heavy atom. The maximum absolute atomic E-state index is 5.27. The minimum atomic E-state index is -0.394. The van der Waals surface area contributed by atoms with Crippen LogP contribution in [0.25, 0.3) is 157 Å². The van der Waals surface area contributed by atoms with E-state index in [9.17, 15) is 0 Å². The summed E-state index contributed by atoms with van der Waals surface area (Å²) < 4.78 is 0. The van der Waals surface area contributed by atoms with Gasteiger partial charge in [-0.2, -0.15) is 0 Å². The molecule has 0 atom stereocenters. The van der Waals surface area contributed by atoms with Gasteiger partial charge in [0.15, 0.2) is 17.5 Å². The van der Waals surface area contributed by atoms with E-state index in [1.807, 2.05) is 0 Å². The molecular weight excluding hydrogens is 1170 g/mol. The molecule has 97 heavy (non-hydrogen) atoms. The van der Waals surface area contributed by atoms with Crippen LogP contribution in [0.15, 0.2) is 370 Å². The van der Waals surface area contributed by atoms with Crippen molar-refractivity contribution in [2.45, 2.75) is 5.41 Å². The molecule has 0 aliphatic heterocycles. The van der Waals surface area contributed by atoms with Gasteiger partial charge in [0.25, 0.3) is 0 Å². The van der Waals surface area contributed by atoms with Crippen LogP contribution in [0, 0.1) is 0 Å². The van der Waals surface area contributed by atoms with Gasteiger partial charge in [0, 0.05) is 16.7 Å². The van der Waals surface area contributed by atoms with Crippen molar-refractivity contribution < 1.29 is 0 Å². The summed E-state index contributed by atoms with van der Waals surface area (Å²) in [5, 5.41) is 0. The van der Waals surface area contributed by atoms with E-state index in [2.05, 4.69) is 370 Å². The topological polar surface area (TPSA) is 38.7 Å². The van der Waals surface area contributed by atoms with E-state index in [-0.39, 0.29) is 0 Å². The van der Waals surface area contributed by atoms with Crippen LogP contribution < -0.4 is 0 Å². The molecular formula is C94H61N3. The maximum atomic E-state index is 5.27. The minimum Gasteiger partial charge on any atom is -0.208 e. The van der Waals surface area contributed by atoms with E-state index in [0.29, 0.717) is 17.5 Å². The molecule has 1 heterocycles. The van der Waals surface area contributed by atoms with Crippen molar-refractivity contribution in [3.8, 4) is 157 Å². The summed E-state index contributed by atoms with van der Waals surface area (Å²) in [6.07, 6.45) is 0. The fraction of sp³-hybridized carbons (Fsp3) is 0.0106. The highest BCUT2D eigenvalue weighted by Crippen LogP contribution is 2.63. The first-order valence-corrected chi connectivity index (χ1v) is 33.3. The van der Waals surface area contributed by atoms with E-state index >= 15 is 0 Å². The Hall–Kier alpha value is -12.7. The first-order valence-electron chi connectivity index (χ1n) is 33.3. The summed E-state index contributed by atoms with van der Waals surface area (Å²) in [6, 6.07) is 134. The van der Waals surface area contributed by atoms with Crippen LogP contribution in [0.5, 0.6) is 0 Å². The summed E-state index contributed by atoms with van der Waals surface area (Å²) in [5.74, 6) is 1.80. The Labute approximate surface area is 565 Å². The third kappa shape index (κ3) is 10.3. The fourth-order valence-corrected chi connectivity index (χ4v) is 15.0. The molecule has 1 aromatic heterocycles. The third-order valence-electron chi connectivity index (χ3n) is 19.8. The summed E-state index contributed by atoms with van der Waals surface area (Å²) in [6.45, 7) is 0. The highest BCUT2D eigenvalue weighted by Gasteiger charge is 2.51. The number of fused-ring (bicyclic) bond motifs is 10. The van der Waals surface area contributed by atoms with Crippen molar-refractivity contribution in [3.63, 3.8) is 0 Å². The zero-order valence-corrected chi connectivity index (χ0v) is 53.1. The third-order valence-corrected chi connectivity index (χ3v) is 19.8. The molecule has 2 aliphatic rings. The average molecular weight is 1230 g/mol. The molecule has 1 spiro atoms. The molecule has 18 rings (SSSR count). The molecule has 16 aromatic rings. The molecule has 0 saturated heterocycles. The van der Waals surface area contributed by atoms with Gasteiger partial charge in [0.2, 0.25) is 0 Å². The van der Waals surface area contributed by atoms with Gasteiger partial charge in [-0.15, -0.1) is 0 Å². The van der Waals surface area contributed by atoms with E-state index in [0.717, 1.165) is 72.3 Å². The Bertz CT molecular complexity index is 5630. The molecule has 2 aliphatic carbocycles. The van der Waals surface area contributed by atoms with E-state index in [4.69, 9.17) is 15.0 Å². The molecule has 15 aromatic carbocycles. The van der Waals surface area contributed by atoms with Gasteiger partial charge in [-0.1, -0.05) is 322 Å². The van der Waals surface area contributed by atoms with Crippen LogP contribution in [0.4, 0.5) is 0 Å². The van der Waals surface area contributed by atoms with Crippen molar-refractivity contribution in [1.82, 2.24) is 15.0 Å². The lowest BCUT2D eigenvalue weighted by atomic mass is 9.70. The lowest BCUT2D eigenvalue weighted by molar-refractivity contribution is 0.794. The largest absolute Gasteiger partial charge is 0.208 e. The molecule has 0 unspecified atom stereocenters. The van der Waals surface area contributed by atoms with Gasteiger partial charge in [0.05, 0.1) is 5.41 Å². The van der Waals surface area contributed by atoms with Crippen LogP contribution in [0.2, 0.25) is 0 Å². The highest BCUT2D eigenvalue weighted by molar-refractivity contribution is 5.96. The molecule has 0 radical (unpaired) electrons. The van der Waals surface area contributed by atoms with Crippen molar-refractivity contribution in [1.29, 1.82) is 0 Å². The summed E-state index contributed by atoms with van der Waals surface area (Å²) in [4.78, 5) is 15.8. The van der Waals surface area contributed by atoms with Crippen LogP contribution in [-0.2, 0) is 5.41 Å². The molecule has 3 heteroatoms. The van der Waals surface area contributed by atoms with Gasteiger partial charge in [-0.05, 0) is 193 Å². The minimum absolute atomic E-state index is 0.394. The summed E-state index contributed by atoms with van der Waals surface area (Å²) in [5.41, 5.74) is 33.7. The van der Waals surface area contributed by atoms with Crippen molar-refractivity contribution in [2.75, 3.05) is 0 Å². The molecule has 0 saturated carbocycles. The van der Waals surface area contributed by atoms with Crippen LogP contribution >= 0.6 is 0 Å². The molecule has 0 bridgehead atoms. The standard InChI is InChI=1S/C94H61N3/c1-3-20-62(21-4-1)68-24-13-28-72(54-68)73-29-15-26-70(56-73)64-44-48-66(49-45-64)91-95-92(97-93(96-91)82-37-19-36-80(60-82)75-31-14-25-69(55-75)63-22-5-2-6-23-63)67-50-46-65(47-51-67)71-27-16-30-74(57-71)76-32-17-33-77(58-76)78-34-18-35-79(59-78)81-52-53-86-85-40-9-12-43-89(85)94(90(86)61-81)87-41-10-7-38-83(87)84-39-8-11-42-88(84)94/h1-61H. The van der Waals surface area contributed by atoms with E-state index in [1.165, 1.54) is 89.0 Å². The number of rotatable bonds is 12. The lowest BCUT2D eigenvalue weighted by Crippen LogP contribution is -2.25. The predicted octanol–water partition coefficient (Wildman–Crippen LogP) is 24.2. The zero-order chi connectivity index (χ0) is 64.2. The molecule has 0 amide bonds. The van der Waals surface area contributed by atoms with Crippen molar-refractivity contribution in [3.05, 3.63) is 392 Å². The second kappa shape index (κ2) is 24.0. The highest BCUT2D eigenvalue weighted by atomic mass is 15.0. The Morgan fingerprint density at radius 3 is 0.670 bits per heavy atom. The molecule has 0 N–H and O–H groups in total. The zero-order valence-electron chi connectivity index (χ0n) is 53.1. The Kier molecular flexibility index (Phi) is 14.1. The quantitative estimate of drug-likeness (QED) is 0.122. The van der Waals surface area contributed by atoms with Gasteiger partial charge < -0.3 is 0 Å². The Balaban J connectivity index is 0.649. The van der Waals surface area contributed by atoms with Crippen LogP contribution in [0.1, 0.15) is 22.3 Å². The van der Waals surface area contributed by atoms with Gasteiger partial charge in [-0.3, -0.25) is 0 Å². The van der Waals surface area contributed by atoms with Gasteiger partial charge in [0.1, 0.15) is 0 Å². The first-order chi connectivity index (χ1) is 48.0. The lowest BCUT2D eigenvalue weighted by Gasteiger charge is -2.30. The number of benzene rings is 15. The molecule has 452 valence electrons. The number of hydrogen-bond acceptors (Lipinski definition) is 3. The van der Waals surface area contributed by atoms with Crippen molar-refractivity contribution >= 4 is 0 Å². The smallest absolute Gasteiger partial charge is 0.164 e. The first kappa shape index (κ1) is 57.0.